The maximum absolute atomic E-state index is 14.1. The number of carbonyl (C=O) groups excluding carboxylic acids is 2. The number of rotatable bonds is 8. The number of phenolic OH excluding ortho intramolecular Hbond substituents is 1. The summed E-state index contributed by atoms with van der Waals surface area (Å²) in [5.74, 6) is -1.28. The van der Waals surface area contributed by atoms with E-state index in [0.717, 1.165) is 24.5 Å². The standard InChI is InChI=1S/C23H23BrClFO4/c1-12(23(29)30-2)21(13-3-4-13)15-6-5-14(20(27)10-15)9-18(24)22(28)17-8-7-16(25)11-19(17)26/h5-8,10-13,18,21,27H,3-4,9H2,1-2H3. The number of Topliss-reactive ketones (excluding diaryl/α,β-unsaturated/α-hetero) is 1. The molecular weight excluding hydrogens is 475 g/mol. The predicted molar refractivity (Wildman–Crippen MR) is 117 cm³/mol. The lowest BCUT2D eigenvalue weighted by Gasteiger charge is -2.23. The number of benzene rings is 2. The first-order valence-corrected chi connectivity index (χ1v) is 11.0. The molecule has 1 fully saturated rings. The summed E-state index contributed by atoms with van der Waals surface area (Å²) in [6, 6.07) is 9.20. The molecule has 0 spiro atoms. The summed E-state index contributed by atoms with van der Waals surface area (Å²) < 4.78 is 19.0. The van der Waals surface area contributed by atoms with Gasteiger partial charge in [0, 0.05) is 5.02 Å². The van der Waals surface area contributed by atoms with E-state index in [9.17, 15) is 19.1 Å². The van der Waals surface area contributed by atoms with Gasteiger partial charge >= 0.3 is 5.97 Å². The van der Waals surface area contributed by atoms with Crippen LogP contribution in [0.2, 0.25) is 5.02 Å². The van der Waals surface area contributed by atoms with Crippen molar-refractivity contribution in [2.24, 2.45) is 11.8 Å². The SMILES string of the molecule is COC(=O)C(C)C(c1ccc(CC(Br)C(=O)c2ccc(Cl)cc2F)c(O)c1)C1CC1. The largest absolute Gasteiger partial charge is 0.508 e. The molecule has 0 aromatic heterocycles. The first-order chi connectivity index (χ1) is 14.2. The quantitative estimate of drug-likeness (QED) is 0.290. The number of ether oxygens (including phenoxy) is 1. The molecule has 0 saturated heterocycles. The number of esters is 1. The monoisotopic (exact) mass is 496 g/mol. The van der Waals surface area contributed by atoms with Crippen LogP contribution in [0.1, 0.15) is 47.2 Å². The molecule has 0 heterocycles. The van der Waals surface area contributed by atoms with E-state index in [1.165, 1.54) is 19.2 Å². The normalized spacial score (nSPS) is 16.6. The van der Waals surface area contributed by atoms with Crippen LogP contribution >= 0.6 is 27.5 Å². The van der Waals surface area contributed by atoms with Crippen molar-refractivity contribution in [2.75, 3.05) is 7.11 Å². The summed E-state index contributed by atoms with van der Waals surface area (Å²) in [7, 11) is 1.38. The molecule has 3 unspecified atom stereocenters. The molecule has 0 radical (unpaired) electrons. The minimum absolute atomic E-state index is 0.0260. The second-order valence-corrected chi connectivity index (χ2v) is 9.27. The van der Waals surface area contributed by atoms with Gasteiger partial charge < -0.3 is 9.84 Å². The zero-order valence-electron chi connectivity index (χ0n) is 16.7. The van der Waals surface area contributed by atoms with E-state index in [1.54, 1.807) is 12.1 Å². The fourth-order valence-corrected chi connectivity index (χ4v) is 4.62. The lowest BCUT2D eigenvalue weighted by molar-refractivity contribution is -0.145. The Kier molecular flexibility index (Phi) is 7.19. The van der Waals surface area contributed by atoms with Gasteiger partial charge in [0.1, 0.15) is 11.6 Å². The number of alkyl halides is 1. The maximum atomic E-state index is 14.1. The summed E-state index contributed by atoms with van der Waals surface area (Å²) in [6.07, 6.45) is 2.27. The Morgan fingerprint density at radius 2 is 1.97 bits per heavy atom. The fourth-order valence-electron chi connectivity index (χ4n) is 3.86. The molecule has 0 amide bonds. The highest BCUT2D eigenvalue weighted by atomic mass is 79.9. The van der Waals surface area contributed by atoms with Crippen molar-refractivity contribution < 1.29 is 23.8 Å². The number of aromatic hydroxyl groups is 1. The molecule has 1 aliphatic rings. The topological polar surface area (TPSA) is 63.6 Å². The van der Waals surface area contributed by atoms with Gasteiger partial charge in [0.25, 0.3) is 0 Å². The lowest BCUT2D eigenvalue weighted by Crippen LogP contribution is -2.22. The number of ketones is 1. The van der Waals surface area contributed by atoms with E-state index < -0.39 is 16.4 Å². The van der Waals surface area contributed by atoms with Gasteiger partial charge in [-0.1, -0.05) is 46.6 Å². The Labute approximate surface area is 188 Å². The van der Waals surface area contributed by atoms with Crippen molar-refractivity contribution in [2.45, 2.75) is 36.9 Å². The number of phenols is 1. The summed E-state index contributed by atoms with van der Waals surface area (Å²) in [5, 5.41) is 10.8. The summed E-state index contributed by atoms with van der Waals surface area (Å²) in [4.78, 5) is 23.9. The van der Waals surface area contributed by atoms with E-state index in [-0.39, 0.29) is 40.6 Å². The Balaban J connectivity index is 1.77. The molecule has 30 heavy (non-hydrogen) atoms. The van der Waals surface area contributed by atoms with Crippen LogP contribution in [-0.4, -0.2) is 28.8 Å². The molecule has 7 heteroatoms. The Morgan fingerprint density at radius 1 is 1.27 bits per heavy atom. The maximum Gasteiger partial charge on any atom is 0.309 e. The second-order valence-electron chi connectivity index (χ2n) is 7.72. The van der Waals surface area contributed by atoms with Gasteiger partial charge in [-0.15, -0.1) is 0 Å². The van der Waals surface area contributed by atoms with Crippen LogP contribution in [0.5, 0.6) is 5.75 Å². The van der Waals surface area contributed by atoms with Crippen LogP contribution in [0, 0.1) is 17.7 Å². The van der Waals surface area contributed by atoms with Crippen molar-refractivity contribution in [1.82, 2.24) is 0 Å². The van der Waals surface area contributed by atoms with E-state index in [0.29, 0.717) is 11.5 Å². The zero-order valence-corrected chi connectivity index (χ0v) is 19.0. The average Bonchev–Trinajstić information content (AvgIpc) is 3.53. The Hall–Kier alpha value is -1.92. The van der Waals surface area contributed by atoms with Crippen LogP contribution < -0.4 is 0 Å². The third-order valence-electron chi connectivity index (χ3n) is 5.62. The molecular formula is C23H23BrClFO4. The molecule has 4 nitrogen and oxygen atoms in total. The molecule has 160 valence electrons. The van der Waals surface area contributed by atoms with Crippen LogP contribution in [-0.2, 0) is 16.0 Å². The third-order valence-corrected chi connectivity index (χ3v) is 6.59. The average molecular weight is 498 g/mol. The van der Waals surface area contributed by atoms with E-state index in [4.69, 9.17) is 16.3 Å². The fraction of sp³-hybridized carbons (Fsp3) is 0.391. The van der Waals surface area contributed by atoms with Crippen LogP contribution in [0.25, 0.3) is 0 Å². The first-order valence-electron chi connectivity index (χ1n) is 9.75. The number of hydrogen-bond acceptors (Lipinski definition) is 4. The van der Waals surface area contributed by atoms with Crippen molar-refractivity contribution in [3.8, 4) is 5.75 Å². The van der Waals surface area contributed by atoms with Crippen molar-refractivity contribution in [3.05, 3.63) is 63.9 Å². The second kappa shape index (κ2) is 9.48. The van der Waals surface area contributed by atoms with Crippen molar-refractivity contribution >= 4 is 39.3 Å². The molecule has 3 atom stereocenters. The molecule has 1 N–H and O–H groups in total. The highest BCUT2D eigenvalue weighted by molar-refractivity contribution is 9.10. The van der Waals surface area contributed by atoms with Gasteiger partial charge in [-0.25, -0.2) is 4.39 Å². The van der Waals surface area contributed by atoms with Crippen molar-refractivity contribution in [1.29, 1.82) is 0 Å². The third kappa shape index (κ3) is 5.03. The van der Waals surface area contributed by atoms with Gasteiger partial charge in [0.05, 0.1) is 23.4 Å². The van der Waals surface area contributed by atoms with Crippen molar-refractivity contribution in [3.63, 3.8) is 0 Å². The van der Waals surface area contributed by atoms with Gasteiger partial charge in [-0.3, -0.25) is 9.59 Å². The number of methoxy groups -OCH3 is 1. The molecule has 1 aliphatic carbocycles. The van der Waals surface area contributed by atoms with Gasteiger partial charge in [0.2, 0.25) is 0 Å². The molecule has 2 aromatic carbocycles. The van der Waals surface area contributed by atoms with Crippen LogP contribution in [0.15, 0.2) is 36.4 Å². The Bertz CT molecular complexity index is 960. The highest BCUT2D eigenvalue weighted by Crippen LogP contribution is 2.47. The minimum Gasteiger partial charge on any atom is -0.508 e. The summed E-state index contributed by atoms with van der Waals surface area (Å²) in [5.41, 5.74) is 1.37. The number of carbonyl (C=O) groups is 2. The predicted octanol–water partition coefficient (Wildman–Crippen LogP) is 5.68. The van der Waals surface area contributed by atoms with E-state index in [1.807, 2.05) is 13.0 Å². The minimum atomic E-state index is -0.710. The van der Waals surface area contributed by atoms with Gasteiger partial charge in [0.15, 0.2) is 5.78 Å². The number of hydrogen-bond donors (Lipinski definition) is 1. The van der Waals surface area contributed by atoms with E-state index >= 15 is 0 Å². The molecule has 0 bridgehead atoms. The van der Waals surface area contributed by atoms with Gasteiger partial charge in [-0.2, -0.15) is 0 Å². The Morgan fingerprint density at radius 3 is 2.53 bits per heavy atom. The van der Waals surface area contributed by atoms with Crippen LogP contribution in [0.3, 0.4) is 0 Å². The highest BCUT2D eigenvalue weighted by Gasteiger charge is 2.39. The summed E-state index contributed by atoms with van der Waals surface area (Å²) >= 11 is 9.06. The molecule has 3 rings (SSSR count). The van der Waals surface area contributed by atoms with Gasteiger partial charge in [-0.05, 0) is 66.5 Å². The first kappa shape index (κ1) is 22.8. The lowest BCUT2D eigenvalue weighted by atomic mass is 9.82. The number of halogens is 3. The van der Waals surface area contributed by atoms with E-state index in [2.05, 4.69) is 15.9 Å². The molecule has 2 aromatic rings. The summed E-state index contributed by atoms with van der Waals surface area (Å²) in [6.45, 7) is 1.84. The molecule has 1 saturated carbocycles. The van der Waals surface area contributed by atoms with Crippen LogP contribution in [0.4, 0.5) is 4.39 Å². The smallest absolute Gasteiger partial charge is 0.309 e. The molecule has 0 aliphatic heterocycles. The zero-order chi connectivity index (χ0) is 22.0.